The largest absolute Gasteiger partial charge is 0.208 e. The van der Waals surface area contributed by atoms with Crippen molar-refractivity contribution in [3.63, 3.8) is 0 Å². The highest BCUT2D eigenvalue weighted by Crippen LogP contribution is 2.40. The first-order valence-electron chi connectivity index (χ1n) is 5.11. The molecule has 0 amide bonds. The van der Waals surface area contributed by atoms with Crippen LogP contribution < -0.4 is 0 Å². The van der Waals surface area contributed by atoms with Gasteiger partial charge in [-0.05, 0) is 0 Å². The zero-order chi connectivity index (χ0) is 16.2. The van der Waals surface area contributed by atoms with Gasteiger partial charge in [0.1, 0.15) is 41.2 Å². The average molecular weight is 290 g/mol. The molecule has 0 unspecified atom stereocenters. The van der Waals surface area contributed by atoms with E-state index in [9.17, 15) is 17.6 Å². The number of halogens is 4. The molecule has 0 bridgehead atoms. The Morgan fingerprint density at radius 1 is 0.714 bits per heavy atom. The lowest BCUT2D eigenvalue weighted by Crippen LogP contribution is -1.94. The van der Waals surface area contributed by atoms with Crippen molar-refractivity contribution in [1.82, 2.24) is 0 Å². The molecular weight excluding hydrogens is 288 g/mol. The Labute approximate surface area is 116 Å². The van der Waals surface area contributed by atoms with Crippen LogP contribution in [0.15, 0.2) is 45.6 Å². The molecule has 0 heterocycles. The van der Waals surface area contributed by atoms with Crippen LogP contribution in [-0.4, -0.2) is 0 Å². The smallest absolute Gasteiger partial charge is 0.171 e. The van der Waals surface area contributed by atoms with Crippen LogP contribution in [-0.2, 0) is 0 Å². The van der Waals surface area contributed by atoms with Crippen molar-refractivity contribution in [3.05, 3.63) is 45.6 Å². The van der Waals surface area contributed by atoms with Gasteiger partial charge in [0.2, 0.25) is 0 Å². The predicted octanol–water partition coefficient (Wildman–Crippen LogP) is 3.38. The molecule has 102 valence electrons. The molecule has 0 aromatic heterocycles. The Bertz CT molecular complexity index is 769. The summed E-state index contributed by atoms with van der Waals surface area (Å²) in [5.74, 6) is -7.51. The molecule has 0 aliphatic heterocycles. The van der Waals surface area contributed by atoms with E-state index in [4.69, 9.17) is 21.0 Å². The van der Waals surface area contributed by atoms with Crippen LogP contribution in [0.3, 0.4) is 0 Å². The van der Waals surface area contributed by atoms with E-state index in [0.29, 0.717) is 0 Å². The van der Waals surface area contributed by atoms with Gasteiger partial charge in [-0.1, -0.05) is 0 Å². The first-order valence-corrected chi connectivity index (χ1v) is 5.11. The van der Waals surface area contributed by atoms with Gasteiger partial charge in [-0.3, -0.25) is 0 Å². The maximum atomic E-state index is 13.9. The molecule has 8 heteroatoms. The van der Waals surface area contributed by atoms with Gasteiger partial charge in [0.15, 0.2) is 17.5 Å². The standard InChI is InChI=1S/C13H2F4N4/c14-9-1-8(6(2-18)3-19)11(15)13(17)10(12(9)16)7(4-20)5-21/h1H2. The highest BCUT2D eigenvalue weighted by Gasteiger charge is 2.32. The fourth-order valence-electron chi connectivity index (χ4n) is 1.50. The van der Waals surface area contributed by atoms with E-state index in [2.05, 4.69) is 0 Å². The molecule has 0 saturated heterocycles. The molecule has 4 nitrogen and oxygen atoms in total. The Morgan fingerprint density at radius 3 is 1.62 bits per heavy atom. The molecular formula is C13H2F4N4. The Hall–Kier alpha value is -3.36. The van der Waals surface area contributed by atoms with Crippen molar-refractivity contribution in [2.45, 2.75) is 6.42 Å². The normalized spacial score (nSPS) is 14.7. The minimum absolute atomic E-state index is 0.942. The van der Waals surface area contributed by atoms with Gasteiger partial charge in [0, 0.05) is 12.0 Å². The second-order valence-electron chi connectivity index (χ2n) is 3.57. The Balaban J connectivity index is 3.92. The zero-order valence-corrected chi connectivity index (χ0v) is 10.0. The quantitative estimate of drug-likeness (QED) is 0.504. The summed E-state index contributed by atoms with van der Waals surface area (Å²) in [6.07, 6.45) is -1.19. The van der Waals surface area contributed by atoms with Gasteiger partial charge in [-0.2, -0.15) is 21.0 Å². The number of rotatable bonds is 0. The first kappa shape index (κ1) is 15.7. The minimum atomic E-state index is -2.02. The summed E-state index contributed by atoms with van der Waals surface area (Å²) < 4.78 is 55.1. The first-order chi connectivity index (χ1) is 9.92. The van der Waals surface area contributed by atoms with E-state index in [1.807, 2.05) is 0 Å². The maximum absolute atomic E-state index is 13.9. The molecule has 0 saturated carbocycles. The summed E-state index contributed by atoms with van der Waals surface area (Å²) in [7, 11) is 0. The van der Waals surface area contributed by atoms with Crippen molar-refractivity contribution in [1.29, 1.82) is 21.0 Å². The average Bonchev–Trinajstić information content (AvgIpc) is 2.56. The van der Waals surface area contributed by atoms with Crippen molar-refractivity contribution >= 4 is 0 Å². The van der Waals surface area contributed by atoms with Crippen LogP contribution in [0.4, 0.5) is 17.6 Å². The topological polar surface area (TPSA) is 95.2 Å². The lowest BCUT2D eigenvalue weighted by Gasteiger charge is -2.02. The summed E-state index contributed by atoms with van der Waals surface area (Å²) in [6.45, 7) is 0. The van der Waals surface area contributed by atoms with Gasteiger partial charge in [-0.25, -0.2) is 17.6 Å². The SMILES string of the molecule is N#CC(C#N)=C1CC(F)=C(F)C(=C(C#N)C#N)C(F)=C1F. The highest BCUT2D eigenvalue weighted by molar-refractivity contribution is 5.61. The zero-order valence-electron chi connectivity index (χ0n) is 10.0. The van der Waals surface area contributed by atoms with Gasteiger partial charge in [-0.15, -0.1) is 0 Å². The molecule has 21 heavy (non-hydrogen) atoms. The molecule has 1 rings (SSSR count). The fourth-order valence-corrected chi connectivity index (χ4v) is 1.50. The van der Waals surface area contributed by atoms with E-state index >= 15 is 0 Å². The van der Waals surface area contributed by atoms with E-state index in [1.165, 1.54) is 12.1 Å². The molecule has 0 atom stereocenters. The third-order valence-electron chi connectivity index (χ3n) is 2.47. The van der Waals surface area contributed by atoms with E-state index in [1.54, 1.807) is 0 Å². The molecule has 0 N–H and O–H groups in total. The second-order valence-corrected chi connectivity index (χ2v) is 3.57. The van der Waals surface area contributed by atoms with Crippen LogP contribution in [0.25, 0.3) is 0 Å². The molecule has 1 aliphatic rings. The highest BCUT2D eigenvalue weighted by atomic mass is 19.2. The minimum Gasteiger partial charge on any atom is -0.208 e. The fraction of sp³-hybridized carbons (Fsp3) is 0.0769. The van der Waals surface area contributed by atoms with E-state index in [0.717, 1.165) is 12.1 Å². The summed E-state index contributed by atoms with van der Waals surface area (Å²) in [5.41, 5.74) is -4.58. The van der Waals surface area contributed by atoms with Crippen molar-refractivity contribution in [2.75, 3.05) is 0 Å². The molecule has 0 aromatic rings. The second kappa shape index (κ2) is 6.19. The van der Waals surface area contributed by atoms with Crippen molar-refractivity contribution in [2.24, 2.45) is 0 Å². The van der Waals surface area contributed by atoms with Crippen LogP contribution in [0, 0.1) is 45.3 Å². The summed E-state index contributed by atoms with van der Waals surface area (Å²) in [6, 6.07) is 4.68. The van der Waals surface area contributed by atoms with Gasteiger partial charge >= 0.3 is 0 Å². The summed E-state index contributed by atoms with van der Waals surface area (Å²) in [4.78, 5) is 0. The summed E-state index contributed by atoms with van der Waals surface area (Å²) in [5, 5.41) is 34.4. The predicted molar refractivity (Wildman–Crippen MR) is 59.6 cm³/mol. The number of hydrogen-bond donors (Lipinski definition) is 0. The summed E-state index contributed by atoms with van der Waals surface area (Å²) >= 11 is 0. The molecule has 0 fully saturated rings. The van der Waals surface area contributed by atoms with Gasteiger partial charge < -0.3 is 0 Å². The third kappa shape index (κ3) is 2.66. The van der Waals surface area contributed by atoms with Crippen LogP contribution in [0.1, 0.15) is 6.42 Å². The van der Waals surface area contributed by atoms with E-state index < -0.39 is 52.0 Å². The number of allylic oxidation sites excluding steroid dienone is 8. The number of hydrogen-bond acceptors (Lipinski definition) is 4. The lowest BCUT2D eigenvalue weighted by molar-refractivity contribution is 0.525. The molecule has 1 aliphatic carbocycles. The molecule has 0 radical (unpaired) electrons. The third-order valence-corrected chi connectivity index (χ3v) is 2.47. The van der Waals surface area contributed by atoms with Crippen molar-refractivity contribution < 1.29 is 17.6 Å². The lowest BCUT2D eigenvalue weighted by atomic mass is 10.0. The Kier molecular flexibility index (Phi) is 4.63. The number of nitrogens with zero attached hydrogens (tertiary/aromatic N) is 4. The van der Waals surface area contributed by atoms with Gasteiger partial charge in [0.05, 0.1) is 5.57 Å². The van der Waals surface area contributed by atoms with Crippen LogP contribution in [0.5, 0.6) is 0 Å². The number of nitriles is 4. The maximum Gasteiger partial charge on any atom is 0.171 e. The van der Waals surface area contributed by atoms with E-state index in [-0.39, 0.29) is 0 Å². The van der Waals surface area contributed by atoms with Crippen molar-refractivity contribution in [3.8, 4) is 24.3 Å². The Morgan fingerprint density at radius 2 is 1.19 bits per heavy atom. The van der Waals surface area contributed by atoms with Gasteiger partial charge in [0.25, 0.3) is 0 Å². The molecule has 0 spiro atoms. The monoisotopic (exact) mass is 290 g/mol. The van der Waals surface area contributed by atoms with Crippen LogP contribution in [0.2, 0.25) is 0 Å². The molecule has 0 aromatic carbocycles. The van der Waals surface area contributed by atoms with Crippen LogP contribution >= 0.6 is 0 Å².